The van der Waals surface area contributed by atoms with Crippen molar-refractivity contribution in [2.75, 3.05) is 0 Å². The van der Waals surface area contributed by atoms with Gasteiger partial charge in [-0.25, -0.2) is 4.39 Å². The molecule has 0 radical (unpaired) electrons. The van der Waals surface area contributed by atoms with E-state index in [9.17, 15) is 9.18 Å². The Balaban J connectivity index is 2.23. The number of ether oxygens (including phenoxy) is 1. The lowest BCUT2D eigenvalue weighted by atomic mass is 9.93. The summed E-state index contributed by atoms with van der Waals surface area (Å²) in [6, 6.07) is 4.15. The van der Waals surface area contributed by atoms with Crippen molar-refractivity contribution >= 4 is 5.91 Å². The molecule has 1 aromatic rings. The third-order valence-corrected chi connectivity index (χ3v) is 3.25. The van der Waals surface area contributed by atoms with Crippen molar-refractivity contribution < 1.29 is 13.9 Å². The van der Waals surface area contributed by atoms with E-state index in [4.69, 9.17) is 16.2 Å². The summed E-state index contributed by atoms with van der Waals surface area (Å²) < 4.78 is 19.2. The topological polar surface area (TPSA) is 78.3 Å². The van der Waals surface area contributed by atoms with Crippen LogP contribution < -0.4 is 16.2 Å². The summed E-state index contributed by atoms with van der Waals surface area (Å²) in [4.78, 5) is 11.2. The van der Waals surface area contributed by atoms with E-state index >= 15 is 0 Å². The zero-order valence-electron chi connectivity index (χ0n) is 10.1. The van der Waals surface area contributed by atoms with Crippen LogP contribution in [0.25, 0.3) is 0 Å². The lowest BCUT2D eigenvalue weighted by Crippen LogP contribution is -2.41. The second-order valence-corrected chi connectivity index (χ2v) is 4.58. The first-order chi connectivity index (χ1) is 8.59. The van der Waals surface area contributed by atoms with Crippen molar-refractivity contribution in [1.29, 1.82) is 0 Å². The Morgan fingerprint density at radius 2 is 2.06 bits per heavy atom. The average molecular weight is 252 g/mol. The van der Waals surface area contributed by atoms with Crippen LogP contribution in [-0.2, 0) is 0 Å². The summed E-state index contributed by atoms with van der Waals surface area (Å²) in [6.07, 6.45) is 3.62. The van der Waals surface area contributed by atoms with Gasteiger partial charge in [0.05, 0.1) is 0 Å². The van der Waals surface area contributed by atoms with Crippen LogP contribution in [-0.4, -0.2) is 18.1 Å². The van der Waals surface area contributed by atoms with Crippen LogP contribution in [0.5, 0.6) is 5.75 Å². The van der Waals surface area contributed by atoms with Crippen molar-refractivity contribution in [3.63, 3.8) is 0 Å². The Labute approximate surface area is 105 Å². The summed E-state index contributed by atoms with van der Waals surface area (Å²) in [5.41, 5.74) is 10.9. The molecule has 1 aliphatic carbocycles. The summed E-state index contributed by atoms with van der Waals surface area (Å²) in [5.74, 6) is -1.30. The van der Waals surface area contributed by atoms with Gasteiger partial charge in [0, 0.05) is 6.04 Å². The third-order valence-electron chi connectivity index (χ3n) is 3.25. The van der Waals surface area contributed by atoms with Gasteiger partial charge in [-0.05, 0) is 31.4 Å². The van der Waals surface area contributed by atoms with E-state index in [1.54, 1.807) is 6.07 Å². The number of rotatable bonds is 3. The highest BCUT2D eigenvalue weighted by molar-refractivity contribution is 5.95. The fraction of sp³-hybridized carbons (Fsp3) is 0.462. The molecule has 1 amide bonds. The second-order valence-electron chi connectivity index (χ2n) is 4.58. The smallest absolute Gasteiger partial charge is 0.255 e. The fourth-order valence-electron chi connectivity index (χ4n) is 2.28. The first-order valence-electron chi connectivity index (χ1n) is 6.10. The predicted molar refractivity (Wildman–Crippen MR) is 65.8 cm³/mol. The van der Waals surface area contributed by atoms with E-state index in [0.29, 0.717) is 0 Å². The van der Waals surface area contributed by atoms with Gasteiger partial charge in [-0.3, -0.25) is 4.79 Å². The molecule has 98 valence electrons. The molecule has 2 unspecified atom stereocenters. The zero-order valence-corrected chi connectivity index (χ0v) is 10.1. The lowest BCUT2D eigenvalue weighted by molar-refractivity contribution is 0.0975. The number of hydrogen-bond acceptors (Lipinski definition) is 3. The number of carbonyl (C=O) groups is 1. The van der Waals surface area contributed by atoms with Gasteiger partial charge in [0.15, 0.2) is 0 Å². The van der Waals surface area contributed by atoms with E-state index in [0.717, 1.165) is 25.7 Å². The van der Waals surface area contributed by atoms with E-state index in [2.05, 4.69) is 0 Å². The van der Waals surface area contributed by atoms with Crippen molar-refractivity contribution in [1.82, 2.24) is 0 Å². The highest BCUT2D eigenvalue weighted by Gasteiger charge is 2.25. The molecule has 18 heavy (non-hydrogen) atoms. The minimum Gasteiger partial charge on any atom is -0.488 e. The Bertz CT molecular complexity index is 451. The average Bonchev–Trinajstić information content (AvgIpc) is 2.31. The van der Waals surface area contributed by atoms with Crippen LogP contribution in [0.3, 0.4) is 0 Å². The van der Waals surface area contributed by atoms with Crippen LogP contribution in [0.2, 0.25) is 0 Å². The molecular formula is C13H17FN2O2. The van der Waals surface area contributed by atoms with Crippen molar-refractivity contribution in [2.24, 2.45) is 11.5 Å². The van der Waals surface area contributed by atoms with Gasteiger partial charge in [-0.2, -0.15) is 0 Å². The van der Waals surface area contributed by atoms with Gasteiger partial charge in [0.1, 0.15) is 23.2 Å². The largest absolute Gasteiger partial charge is 0.488 e. The van der Waals surface area contributed by atoms with Gasteiger partial charge < -0.3 is 16.2 Å². The zero-order chi connectivity index (χ0) is 13.1. The van der Waals surface area contributed by atoms with Crippen LogP contribution in [0.1, 0.15) is 36.0 Å². The molecular weight excluding hydrogens is 235 g/mol. The Hall–Kier alpha value is -1.62. The van der Waals surface area contributed by atoms with Gasteiger partial charge in [-0.15, -0.1) is 0 Å². The van der Waals surface area contributed by atoms with Gasteiger partial charge in [0.2, 0.25) is 0 Å². The predicted octanol–water partition coefficient (Wildman–Crippen LogP) is 1.57. The van der Waals surface area contributed by atoms with Gasteiger partial charge >= 0.3 is 0 Å². The van der Waals surface area contributed by atoms with Crippen LogP contribution >= 0.6 is 0 Å². The number of nitrogens with two attached hydrogens (primary N) is 2. The molecule has 0 bridgehead atoms. The number of amides is 1. The van der Waals surface area contributed by atoms with E-state index in [-0.39, 0.29) is 23.5 Å². The summed E-state index contributed by atoms with van der Waals surface area (Å²) in [6.45, 7) is 0. The molecule has 4 N–H and O–H groups in total. The number of primary amides is 1. The molecule has 0 saturated heterocycles. The molecule has 1 saturated carbocycles. The molecule has 0 spiro atoms. The monoisotopic (exact) mass is 252 g/mol. The molecule has 0 aromatic heterocycles. The van der Waals surface area contributed by atoms with Crippen molar-refractivity contribution in [3.8, 4) is 5.75 Å². The standard InChI is InChI=1S/C13H17FN2O2/c14-8-4-3-7-11(12(8)13(16)17)18-10-6-2-1-5-9(10)15/h3-4,7,9-10H,1-2,5-6,15H2,(H2,16,17). The molecule has 4 nitrogen and oxygen atoms in total. The van der Waals surface area contributed by atoms with Crippen LogP contribution in [0.4, 0.5) is 4.39 Å². The molecule has 0 aliphatic heterocycles. The number of hydrogen-bond donors (Lipinski definition) is 2. The van der Waals surface area contributed by atoms with E-state index in [1.165, 1.54) is 12.1 Å². The minimum absolute atomic E-state index is 0.0808. The minimum atomic E-state index is -0.826. The van der Waals surface area contributed by atoms with E-state index < -0.39 is 11.7 Å². The highest BCUT2D eigenvalue weighted by atomic mass is 19.1. The summed E-state index contributed by atoms with van der Waals surface area (Å²) in [7, 11) is 0. The van der Waals surface area contributed by atoms with Crippen molar-refractivity contribution in [2.45, 2.75) is 37.8 Å². The van der Waals surface area contributed by atoms with Gasteiger partial charge in [-0.1, -0.05) is 12.5 Å². The maximum atomic E-state index is 13.5. The maximum Gasteiger partial charge on any atom is 0.255 e. The molecule has 1 aromatic carbocycles. The Morgan fingerprint density at radius 1 is 1.33 bits per heavy atom. The SMILES string of the molecule is NC(=O)c1c(F)cccc1OC1CCCCC1N. The number of benzene rings is 1. The summed E-state index contributed by atoms with van der Waals surface area (Å²) in [5, 5.41) is 0. The molecule has 0 heterocycles. The maximum absolute atomic E-state index is 13.5. The molecule has 2 rings (SSSR count). The highest BCUT2D eigenvalue weighted by Crippen LogP contribution is 2.26. The molecule has 5 heteroatoms. The second kappa shape index (κ2) is 5.35. The van der Waals surface area contributed by atoms with E-state index in [1.807, 2.05) is 0 Å². The van der Waals surface area contributed by atoms with Crippen LogP contribution in [0.15, 0.2) is 18.2 Å². The van der Waals surface area contributed by atoms with Crippen LogP contribution in [0, 0.1) is 5.82 Å². The first kappa shape index (κ1) is 12.8. The third kappa shape index (κ3) is 2.61. The first-order valence-corrected chi connectivity index (χ1v) is 6.10. The Kier molecular flexibility index (Phi) is 3.81. The molecule has 1 aliphatic rings. The number of carbonyl (C=O) groups excluding carboxylic acids is 1. The van der Waals surface area contributed by atoms with Gasteiger partial charge in [0.25, 0.3) is 5.91 Å². The molecule has 2 atom stereocenters. The number of halogens is 1. The van der Waals surface area contributed by atoms with Crippen molar-refractivity contribution in [3.05, 3.63) is 29.6 Å². The Morgan fingerprint density at radius 3 is 2.72 bits per heavy atom. The molecule has 1 fully saturated rings. The fourth-order valence-corrected chi connectivity index (χ4v) is 2.28. The normalized spacial score (nSPS) is 23.7. The lowest BCUT2D eigenvalue weighted by Gasteiger charge is -2.29. The quantitative estimate of drug-likeness (QED) is 0.857. The summed E-state index contributed by atoms with van der Waals surface area (Å²) >= 11 is 0.